The van der Waals surface area contributed by atoms with Gasteiger partial charge < -0.3 is 4.74 Å². The molecule has 0 aromatic heterocycles. The highest BCUT2D eigenvalue weighted by Crippen LogP contribution is 2.33. The van der Waals surface area contributed by atoms with Gasteiger partial charge in [0.1, 0.15) is 22.3 Å². The molecular weight excluding hydrogens is 295 g/mol. The first-order chi connectivity index (χ1) is 8.06. The number of halogens is 4. The van der Waals surface area contributed by atoms with E-state index in [-0.39, 0.29) is 5.56 Å². The fraction of sp³-hybridized carbons (Fsp3) is 0.222. The maximum absolute atomic E-state index is 12.1. The Bertz CT molecular complexity index is 619. The van der Waals surface area contributed by atoms with Crippen molar-refractivity contribution >= 4 is 19.7 Å². The summed E-state index contributed by atoms with van der Waals surface area (Å²) in [6, 6.07) is 3.27. The molecule has 0 aliphatic heterocycles. The molecule has 0 N–H and O–H groups in total. The lowest BCUT2D eigenvalue weighted by Crippen LogP contribution is -2.18. The van der Waals surface area contributed by atoms with Gasteiger partial charge in [0.05, 0.1) is 0 Å². The van der Waals surface area contributed by atoms with E-state index in [1.54, 1.807) is 0 Å². The summed E-state index contributed by atoms with van der Waals surface area (Å²) in [6.07, 6.45) is -5.03. The Balaban J connectivity index is 3.56. The summed E-state index contributed by atoms with van der Waals surface area (Å²) in [5, 5.41) is 8.76. The van der Waals surface area contributed by atoms with Crippen LogP contribution in [-0.2, 0) is 9.05 Å². The average molecular weight is 300 g/mol. The van der Waals surface area contributed by atoms with Gasteiger partial charge in [-0.25, -0.2) is 8.42 Å². The molecule has 1 rings (SSSR count). The molecule has 0 fully saturated rings. The summed E-state index contributed by atoms with van der Waals surface area (Å²) in [5.41, 5.74) is -0.724. The molecule has 18 heavy (non-hydrogen) atoms. The summed E-state index contributed by atoms with van der Waals surface area (Å²) in [7, 11) is 0.723. The normalized spacial score (nSPS) is 12.0. The molecule has 0 unspecified atom stereocenters. The molecule has 0 bridgehead atoms. The van der Waals surface area contributed by atoms with Gasteiger partial charge in [0.15, 0.2) is 0 Å². The lowest BCUT2D eigenvalue weighted by Gasteiger charge is -2.13. The molecular formula is C9H5ClF3NO3S. The van der Waals surface area contributed by atoms with Gasteiger partial charge in [-0.2, -0.15) is 5.26 Å². The van der Waals surface area contributed by atoms with Crippen molar-refractivity contribution in [3.8, 4) is 11.8 Å². The van der Waals surface area contributed by atoms with Gasteiger partial charge in [-0.05, 0) is 18.6 Å². The maximum atomic E-state index is 12.1. The molecule has 0 aliphatic rings. The van der Waals surface area contributed by atoms with Crippen molar-refractivity contribution in [2.45, 2.75) is 18.2 Å². The van der Waals surface area contributed by atoms with Crippen molar-refractivity contribution in [3.63, 3.8) is 0 Å². The number of nitriles is 1. The number of benzene rings is 1. The van der Waals surface area contributed by atoms with Crippen LogP contribution in [0.5, 0.6) is 5.75 Å². The first kappa shape index (κ1) is 14.6. The minimum absolute atomic E-state index is 0.0519. The van der Waals surface area contributed by atoms with E-state index in [0.29, 0.717) is 0 Å². The monoisotopic (exact) mass is 299 g/mol. The van der Waals surface area contributed by atoms with E-state index in [1.165, 1.54) is 13.0 Å². The van der Waals surface area contributed by atoms with Gasteiger partial charge in [0, 0.05) is 10.7 Å². The van der Waals surface area contributed by atoms with Crippen LogP contribution in [0.25, 0.3) is 0 Å². The predicted molar refractivity (Wildman–Crippen MR) is 55.6 cm³/mol. The number of rotatable bonds is 2. The first-order valence-corrected chi connectivity index (χ1v) is 6.61. The molecule has 0 radical (unpaired) electrons. The van der Waals surface area contributed by atoms with Gasteiger partial charge in [0.25, 0.3) is 9.05 Å². The van der Waals surface area contributed by atoms with Gasteiger partial charge in [-0.15, -0.1) is 13.2 Å². The minimum Gasteiger partial charge on any atom is -0.404 e. The van der Waals surface area contributed by atoms with Crippen LogP contribution in [-0.4, -0.2) is 14.8 Å². The Morgan fingerprint density at radius 2 is 1.94 bits per heavy atom. The van der Waals surface area contributed by atoms with Crippen LogP contribution < -0.4 is 4.74 Å². The molecule has 0 saturated carbocycles. The van der Waals surface area contributed by atoms with Crippen molar-refractivity contribution < 1.29 is 26.3 Å². The van der Waals surface area contributed by atoms with Crippen LogP contribution in [0.4, 0.5) is 13.2 Å². The molecule has 98 valence electrons. The van der Waals surface area contributed by atoms with Gasteiger partial charge in [-0.1, -0.05) is 6.07 Å². The molecule has 0 atom stereocenters. The summed E-state index contributed by atoms with van der Waals surface area (Å²) >= 11 is 0. The smallest absolute Gasteiger partial charge is 0.404 e. The fourth-order valence-corrected chi connectivity index (χ4v) is 2.74. The highest BCUT2D eigenvalue weighted by atomic mass is 35.7. The van der Waals surface area contributed by atoms with E-state index >= 15 is 0 Å². The minimum atomic E-state index is -5.03. The first-order valence-electron chi connectivity index (χ1n) is 4.30. The standard InChI is InChI=1S/C9H5ClF3NO3S/c1-5-2-3-7(17-9(11,12)13)6(4-14)8(5)18(10,15)16/h2-3H,1H3. The van der Waals surface area contributed by atoms with E-state index < -0.39 is 31.6 Å². The third-order valence-electron chi connectivity index (χ3n) is 1.90. The highest BCUT2D eigenvalue weighted by Gasteiger charge is 2.34. The molecule has 0 saturated heterocycles. The lowest BCUT2D eigenvalue weighted by molar-refractivity contribution is -0.274. The second-order valence-corrected chi connectivity index (χ2v) is 5.68. The van der Waals surface area contributed by atoms with Gasteiger partial charge in [0.2, 0.25) is 0 Å². The van der Waals surface area contributed by atoms with Crippen molar-refractivity contribution in [3.05, 3.63) is 23.3 Å². The Kier molecular flexibility index (Phi) is 3.78. The maximum Gasteiger partial charge on any atom is 0.573 e. The van der Waals surface area contributed by atoms with Gasteiger partial charge >= 0.3 is 6.36 Å². The molecule has 4 nitrogen and oxygen atoms in total. The van der Waals surface area contributed by atoms with Crippen molar-refractivity contribution in [2.75, 3.05) is 0 Å². The zero-order valence-electron chi connectivity index (χ0n) is 8.75. The topological polar surface area (TPSA) is 67.2 Å². The quantitative estimate of drug-likeness (QED) is 0.787. The SMILES string of the molecule is Cc1ccc(OC(F)(F)F)c(C#N)c1S(=O)(=O)Cl. The molecule has 1 aromatic rings. The Morgan fingerprint density at radius 3 is 2.33 bits per heavy atom. The van der Waals surface area contributed by atoms with E-state index in [2.05, 4.69) is 4.74 Å². The number of nitrogens with zero attached hydrogens (tertiary/aromatic N) is 1. The average Bonchev–Trinajstić information content (AvgIpc) is 2.16. The summed E-state index contributed by atoms with van der Waals surface area (Å²) in [6.45, 7) is 1.30. The highest BCUT2D eigenvalue weighted by molar-refractivity contribution is 8.13. The molecule has 9 heteroatoms. The number of hydrogen-bond acceptors (Lipinski definition) is 4. The summed E-state index contributed by atoms with van der Waals surface area (Å²) in [4.78, 5) is -0.687. The number of hydrogen-bond donors (Lipinski definition) is 0. The molecule has 0 spiro atoms. The van der Waals surface area contributed by atoms with Gasteiger partial charge in [-0.3, -0.25) is 0 Å². The van der Waals surface area contributed by atoms with E-state index in [4.69, 9.17) is 15.9 Å². The van der Waals surface area contributed by atoms with Crippen LogP contribution in [0.15, 0.2) is 17.0 Å². The van der Waals surface area contributed by atoms with Crippen LogP contribution in [0.2, 0.25) is 0 Å². The summed E-state index contributed by atoms with van der Waals surface area (Å²) < 4.78 is 62.2. The Hall–Kier alpha value is -1.46. The van der Waals surface area contributed by atoms with Crippen molar-refractivity contribution in [2.24, 2.45) is 0 Å². The number of ether oxygens (including phenoxy) is 1. The third kappa shape index (κ3) is 3.27. The van der Waals surface area contributed by atoms with Crippen LogP contribution >= 0.6 is 10.7 Å². The van der Waals surface area contributed by atoms with E-state index in [0.717, 1.165) is 12.1 Å². The van der Waals surface area contributed by atoms with Crippen LogP contribution in [0.1, 0.15) is 11.1 Å². The van der Waals surface area contributed by atoms with E-state index in [1.807, 2.05) is 0 Å². The number of aryl methyl sites for hydroxylation is 1. The van der Waals surface area contributed by atoms with Crippen LogP contribution in [0, 0.1) is 18.3 Å². The number of alkyl halides is 3. The molecule has 0 aliphatic carbocycles. The molecule has 0 heterocycles. The van der Waals surface area contributed by atoms with Crippen LogP contribution in [0.3, 0.4) is 0 Å². The van der Waals surface area contributed by atoms with E-state index in [9.17, 15) is 21.6 Å². The second kappa shape index (κ2) is 4.66. The fourth-order valence-electron chi connectivity index (χ4n) is 1.30. The van der Waals surface area contributed by atoms with Crippen molar-refractivity contribution in [1.82, 2.24) is 0 Å². The molecule has 0 amide bonds. The zero-order chi connectivity index (χ0) is 14.1. The lowest BCUT2D eigenvalue weighted by atomic mass is 10.1. The predicted octanol–water partition coefficient (Wildman–Crippen LogP) is 2.69. The second-order valence-electron chi connectivity index (χ2n) is 3.18. The zero-order valence-corrected chi connectivity index (χ0v) is 10.3. The molecule has 1 aromatic carbocycles. The summed E-state index contributed by atoms with van der Waals surface area (Å²) in [5.74, 6) is -0.908. The van der Waals surface area contributed by atoms with Crippen molar-refractivity contribution in [1.29, 1.82) is 5.26 Å². The Labute approximate surface area is 105 Å². The third-order valence-corrected chi connectivity index (χ3v) is 3.37. The Morgan fingerprint density at radius 1 is 1.39 bits per heavy atom. The largest absolute Gasteiger partial charge is 0.573 e.